The minimum absolute atomic E-state index is 0.279. The van der Waals surface area contributed by atoms with E-state index in [9.17, 15) is 15.3 Å². The molecule has 3 aromatic rings. The van der Waals surface area contributed by atoms with Crippen LogP contribution in [0.15, 0.2) is 60.7 Å². The molecule has 4 nitrogen and oxygen atoms in total. The molecule has 1 atom stereocenters. The number of benzene rings is 3. The van der Waals surface area contributed by atoms with Crippen molar-refractivity contribution in [3.05, 3.63) is 82.9 Å². The van der Waals surface area contributed by atoms with Gasteiger partial charge in [0.2, 0.25) is 0 Å². The second-order valence-corrected chi connectivity index (χ2v) is 7.97. The molecule has 4 heteroatoms. The Morgan fingerprint density at radius 3 is 2.31 bits per heavy atom. The van der Waals surface area contributed by atoms with Crippen LogP contribution in [-0.4, -0.2) is 28.9 Å². The number of aryl methyl sites for hydroxylation is 1. The van der Waals surface area contributed by atoms with Crippen LogP contribution in [0.25, 0.3) is 0 Å². The second kappa shape index (κ2) is 8.08. The normalized spacial score (nSPS) is 15.7. The van der Waals surface area contributed by atoms with Crippen molar-refractivity contribution in [3.63, 3.8) is 0 Å². The minimum Gasteiger partial charge on any atom is -0.508 e. The zero-order valence-corrected chi connectivity index (χ0v) is 16.7. The number of fused-ring (bicyclic) bond motifs is 1. The Morgan fingerprint density at radius 1 is 0.828 bits per heavy atom. The van der Waals surface area contributed by atoms with Gasteiger partial charge in [-0.25, -0.2) is 0 Å². The summed E-state index contributed by atoms with van der Waals surface area (Å²) >= 11 is 0. The summed E-state index contributed by atoms with van der Waals surface area (Å²) in [5, 5.41) is 29.3. The van der Waals surface area contributed by atoms with Gasteiger partial charge < -0.3 is 20.2 Å². The summed E-state index contributed by atoms with van der Waals surface area (Å²) in [5.41, 5.74) is 6.03. The highest BCUT2D eigenvalue weighted by Gasteiger charge is 2.24. The van der Waals surface area contributed by atoms with E-state index in [-0.39, 0.29) is 11.5 Å². The average Bonchev–Trinajstić information content (AvgIpc) is 2.72. The summed E-state index contributed by atoms with van der Waals surface area (Å²) < 4.78 is 0. The molecule has 1 aliphatic carbocycles. The van der Waals surface area contributed by atoms with Gasteiger partial charge in [-0.05, 0) is 84.2 Å². The fourth-order valence-electron chi connectivity index (χ4n) is 4.29. The van der Waals surface area contributed by atoms with Gasteiger partial charge in [0.25, 0.3) is 0 Å². The van der Waals surface area contributed by atoms with E-state index in [0.29, 0.717) is 11.7 Å². The highest BCUT2D eigenvalue weighted by molar-refractivity contribution is 5.59. The highest BCUT2D eigenvalue weighted by atomic mass is 16.3. The first-order valence-electron chi connectivity index (χ1n) is 10.1. The van der Waals surface area contributed by atoms with Gasteiger partial charge in [0, 0.05) is 25.3 Å². The lowest BCUT2D eigenvalue weighted by Gasteiger charge is -2.30. The van der Waals surface area contributed by atoms with Gasteiger partial charge in [0.05, 0.1) is 0 Å². The lowest BCUT2D eigenvalue weighted by molar-refractivity contribution is 0.471. The summed E-state index contributed by atoms with van der Waals surface area (Å²) in [7, 11) is 2.06. The Bertz CT molecular complexity index is 997. The molecule has 0 saturated heterocycles. The van der Waals surface area contributed by atoms with Crippen molar-refractivity contribution in [1.29, 1.82) is 0 Å². The SMILES string of the molecule is CN(CCc1ccc(O)cc1)c1cc(O)ccc1C1CCc2cc(O)ccc2C1. The van der Waals surface area contributed by atoms with Crippen molar-refractivity contribution in [2.24, 2.45) is 0 Å². The molecule has 0 spiro atoms. The molecule has 3 aromatic carbocycles. The molecule has 3 N–H and O–H groups in total. The number of phenolic OH excluding ortho intramolecular Hbond substituents is 3. The van der Waals surface area contributed by atoms with E-state index in [4.69, 9.17) is 0 Å². The standard InChI is InChI=1S/C25H27NO3/c1-26(13-12-17-2-7-21(27)8-3-17)25-16-23(29)10-11-24(25)20-5-4-19-15-22(28)9-6-18(19)14-20/h2-3,6-11,15-16,20,27-29H,4-5,12-14H2,1H3. The van der Waals surface area contributed by atoms with Crippen LogP contribution in [0.4, 0.5) is 5.69 Å². The molecule has 0 saturated carbocycles. The summed E-state index contributed by atoms with van der Waals surface area (Å²) in [6, 6.07) is 18.7. The van der Waals surface area contributed by atoms with Crippen LogP contribution >= 0.6 is 0 Å². The van der Waals surface area contributed by atoms with Gasteiger partial charge in [0.15, 0.2) is 0 Å². The number of nitrogens with zero attached hydrogens (tertiary/aromatic N) is 1. The number of aromatic hydroxyl groups is 3. The smallest absolute Gasteiger partial charge is 0.117 e. The third-order valence-corrected chi connectivity index (χ3v) is 5.96. The molecule has 0 fully saturated rings. The summed E-state index contributed by atoms with van der Waals surface area (Å²) in [5.74, 6) is 1.28. The quantitative estimate of drug-likeness (QED) is 0.589. The molecule has 29 heavy (non-hydrogen) atoms. The van der Waals surface area contributed by atoms with E-state index in [1.807, 2.05) is 30.3 Å². The Labute approximate surface area is 171 Å². The zero-order chi connectivity index (χ0) is 20.4. The van der Waals surface area contributed by atoms with E-state index in [2.05, 4.69) is 18.0 Å². The number of anilines is 1. The first-order chi connectivity index (χ1) is 14.0. The maximum absolute atomic E-state index is 10.1. The third kappa shape index (κ3) is 4.32. The Morgan fingerprint density at radius 2 is 1.52 bits per heavy atom. The molecule has 1 aliphatic rings. The monoisotopic (exact) mass is 389 g/mol. The van der Waals surface area contributed by atoms with E-state index < -0.39 is 0 Å². The Kier molecular flexibility index (Phi) is 5.34. The van der Waals surface area contributed by atoms with E-state index in [1.54, 1.807) is 24.3 Å². The van der Waals surface area contributed by atoms with Crippen molar-refractivity contribution in [3.8, 4) is 17.2 Å². The Hall–Kier alpha value is -3.14. The largest absolute Gasteiger partial charge is 0.508 e. The summed E-state index contributed by atoms with van der Waals surface area (Å²) in [6.45, 7) is 0.818. The second-order valence-electron chi connectivity index (χ2n) is 7.97. The molecule has 0 radical (unpaired) electrons. The lowest BCUT2D eigenvalue weighted by Crippen LogP contribution is -2.23. The van der Waals surface area contributed by atoms with E-state index in [1.165, 1.54) is 22.3 Å². The van der Waals surface area contributed by atoms with Crippen LogP contribution in [0.2, 0.25) is 0 Å². The van der Waals surface area contributed by atoms with Crippen LogP contribution in [0.5, 0.6) is 17.2 Å². The van der Waals surface area contributed by atoms with Crippen molar-refractivity contribution in [1.82, 2.24) is 0 Å². The maximum Gasteiger partial charge on any atom is 0.117 e. The van der Waals surface area contributed by atoms with Crippen LogP contribution in [0.3, 0.4) is 0 Å². The number of likely N-dealkylation sites (N-methyl/N-ethyl adjacent to an activating group) is 1. The number of hydrogen-bond acceptors (Lipinski definition) is 4. The highest BCUT2D eigenvalue weighted by Crippen LogP contribution is 2.39. The fraction of sp³-hybridized carbons (Fsp3) is 0.280. The topological polar surface area (TPSA) is 63.9 Å². The van der Waals surface area contributed by atoms with Gasteiger partial charge in [-0.2, -0.15) is 0 Å². The van der Waals surface area contributed by atoms with Crippen LogP contribution < -0.4 is 4.90 Å². The average molecular weight is 389 g/mol. The molecule has 150 valence electrons. The van der Waals surface area contributed by atoms with Gasteiger partial charge in [0.1, 0.15) is 17.2 Å². The van der Waals surface area contributed by atoms with Crippen LogP contribution in [0.1, 0.15) is 34.6 Å². The van der Waals surface area contributed by atoms with E-state index in [0.717, 1.165) is 37.9 Å². The van der Waals surface area contributed by atoms with Gasteiger partial charge in [-0.15, -0.1) is 0 Å². The molecule has 0 bridgehead atoms. The van der Waals surface area contributed by atoms with Crippen LogP contribution in [-0.2, 0) is 19.3 Å². The molecule has 4 rings (SSSR count). The van der Waals surface area contributed by atoms with Crippen LogP contribution in [0, 0.1) is 0 Å². The fourth-order valence-corrected chi connectivity index (χ4v) is 4.29. The van der Waals surface area contributed by atoms with Crippen molar-refractivity contribution in [2.75, 3.05) is 18.5 Å². The van der Waals surface area contributed by atoms with E-state index >= 15 is 0 Å². The minimum atomic E-state index is 0.279. The lowest BCUT2D eigenvalue weighted by atomic mass is 9.79. The first kappa shape index (κ1) is 19.2. The summed E-state index contributed by atoms with van der Waals surface area (Å²) in [6.07, 6.45) is 3.78. The van der Waals surface area contributed by atoms with Crippen molar-refractivity contribution >= 4 is 5.69 Å². The predicted molar refractivity (Wildman–Crippen MR) is 116 cm³/mol. The molecular weight excluding hydrogens is 362 g/mol. The molecular formula is C25H27NO3. The molecule has 1 unspecified atom stereocenters. The zero-order valence-electron chi connectivity index (χ0n) is 16.7. The van der Waals surface area contributed by atoms with Gasteiger partial charge >= 0.3 is 0 Å². The molecule has 0 heterocycles. The Balaban J connectivity index is 1.54. The van der Waals surface area contributed by atoms with Crippen molar-refractivity contribution in [2.45, 2.75) is 31.6 Å². The maximum atomic E-state index is 10.1. The first-order valence-corrected chi connectivity index (χ1v) is 10.1. The van der Waals surface area contributed by atoms with Gasteiger partial charge in [-0.1, -0.05) is 24.3 Å². The molecule has 0 aromatic heterocycles. The predicted octanol–water partition coefficient (Wildman–Crippen LogP) is 4.75. The summed E-state index contributed by atoms with van der Waals surface area (Å²) in [4.78, 5) is 2.20. The molecule has 0 aliphatic heterocycles. The number of rotatable bonds is 5. The van der Waals surface area contributed by atoms with Gasteiger partial charge in [-0.3, -0.25) is 0 Å². The number of phenols is 3. The third-order valence-electron chi connectivity index (χ3n) is 5.96. The van der Waals surface area contributed by atoms with Crippen molar-refractivity contribution < 1.29 is 15.3 Å². The number of hydrogen-bond donors (Lipinski definition) is 3. The molecule has 0 amide bonds.